The maximum absolute atomic E-state index is 12.4. The van der Waals surface area contributed by atoms with Crippen LogP contribution in [0.3, 0.4) is 0 Å². The molecule has 2 aliphatic rings. The summed E-state index contributed by atoms with van der Waals surface area (Å²) < 4.78 is 10.5. The largest absolute Gasteiger partial charge is 0.494 e. The molecule has 0 aromatic heterocycles. The van der Waals surface area contributed by atoms with E-state index in [1.54, 1.807) is 24.3 Å². The average molecular weight is 400 g/mol. The highest BCUT2D eigenvalue weighted by Crippen LogP contribution is 2.34. The lowest BCUT2D eigenvalue weighted by atomic mass is 9.85. The fourth-order valence-electron chi connectivity index (χ4n) is 3.49. The number of nitrogens with zero attached hydrogens (tertiary/aromatic N) is 1. The Hall–Kier alpha value is -3.16. The first-order valence-electron chi connectivity index (χ1n) is 9.64. The van der Waals surface area contributed by atoms with Crippen molar-refractivity contribution >= 4 is 29.4 Å². The second-order valence-electron chi connectivity index (χ2n) is 7.00. The quantitative estimate of drug-likeness (QED) is 0.426. The number of rotatable bonds is 7. The number of amides is 3. The number of allylic oxidation sites excluding steroid dienone is 2. The molecule has 29 heavy (non-hydrogen) atoms. The number of fused-ring (bicyclic) bond motifs is 1. The van der Waals surface area contributed by atoms with Gasteiger partial charge in [-0.05, 0) is 51.0 Å². The highest BCUT2D eigenvalue weighted by molar-refractivity contribution is 6.07. The molecule has 1 aliphatic heterocycles. The predicted octanol–water partition coefficient (Wildman–Crippen LogP) is 1.91. The van der Waals surface area contributed by atoms with Gasteiger partial charge < -0.3 is 14.8 Å². The van der Waals surface area contributed by atoms with Crippen LogP contribution in [-0.4, -0.2) is 47.8 Å². The fourth-order valence-corrected chi connectivity index (χ4v) is 3.49. The lowest BCUT2D eigenvalue weighted by Gasteiger charge is -2.17. The minimum absolute atomic E-state index is 0.354. The molecule has 0 bridgehead atoms. The summed E-state index contributed by atoms with van der Waals surface area (Å²) in [7, 11) is 0. The Labute approximate surface area is 168 Å². The molecule has 0 radical (unpaired) electrons. The first kappa shape index (κ1) is 20.6. The van der Waals surface area contributed by atoms with Crippen molar-refractivity contribution < 1.29 is 28.7 Å². The SMILES string of the molecule is CCOc1ccc(NC(=O)[C@@H](C)OC(=O)CN2C(=O)[C@H]3CC=CC[C@@H]3C2=O)cc1. The zero-order valence-corrected chi connectivity index (χ0v) is 16.4. The average Bonchev–Trinajstić information content (AvgIpc) is 2.95. The van der Waals surface area contributed by atoms with E-state index in [1.807, 2.05) is 19.1 Å². The molecule has 3 atom stereocenters. The normalized spacial score (nSPS) is 21.5. The van der Waals surface area contributed by atoms with Crippen LogP contribution in [0.1, 0.15) is 26.7 Å². The minimum Gasteiger partial charge on any atom is -0.494 e. The Bertz CT molecular complexity index is 806. The lowest BCUT2D eigenvalue weighted by molar-refractivity contribution is -0.158. The van der Waals surface area contributed by atoms with Crippen molar-refractivity contribution in [2.24, 2.45) is 11.8 Å². The number of hydrogen-bond donors (Lipinski definition) is 1. The van der Waals surface area contributed by atoms with Crippen LogP contribution in [-0.2, 0) is 23.9 Å². The van der Waals surface area contributed by atoms with Gasteiger partial charge in [-0.1, -0.05) is 12.2 Å². The summed E-state index contributed by atoms with van der Waals surface area (Å²) in [6, 6.07) is 6.78. The van der Waals surface area contributed by atoms with E-state index in [4.69, 9.17) is 9.47 Å². The maximum Gasteiger partial charge on any atom is 0.326 e. The zero-order chi connectivity index (χ0) is 21.0. The van der Waals surface area contributed by atoms with Gasteiger partial charge in [0.2, 0.25) is 11.8 Å². The molecule has 8 heteroatoms. The van der Waals surface area contributed by atoms with Crippen molar-refractivity contribution in [3.05, 3.63) is 36.4 Å². The lowest BCUT2D eigenvalue weighted by Crippen LogP contribution is -2.39. The third-order valence-corrected chi connectivity index (χ3v) is 5.00. The van der Waals surface area contributed by atoms with Crippen LogP contribution >= 0.6 is 0 Å². The zero-order valence-electron chi connectivity index (χ0n) is 16.4. The summed E-state index contributed by atoms with van der Waals surface area (Å²) >= 11 is 0. The van der Waals surface area contributed by atoms with Gasteiger partial charge in [-0.15, -0.1) is 0 Å². The van der Waals surface area contributed by atoms with Gasteiger partial charge >= 0.3 is 5.97 Å². The number of nitrogens with one attached hydrogen (secondary N) is 1. The second kappa shape index (κ2) is 8.89. The molecule has 1 N–H and O–H groups in total. The van der Waals surface area contributed by atoms with E-state index in [9.17, 15) is 19.2 Å². The van der Waals surface area contributed by atoms with Crippen LogP contribution in [0.2, 0.25) is 0 Å². The molecular weight excluding hydrogens is 376 g/mol. The number of benzene rings is 1. The van der Waals surface area contributed by atoms with Gasteiger partial charge in [-0.25, -0.2) is 0 Å². The summed E-state index contributed by atoms with van der Waals surface area (Å²) in [6.07, 6.45) is 3.68. The molecule has 0 spiro atoms. The Balaban J connectivity index is 1.51. The van der Waals surface area contributed by atoms with E-state index in [-0.39, 0.29) is 11.8 Å². The second-order valence-corrected chi connectivity index (χ2v) is 7.00. The number of carbonyl (C=O) groups excluding carboxylic acids is 4. The smallest absolute Gasteiger partial charge is 0.326 e. The van der Waals surface area contributed by atoms with E-state index in [2.05, 4.69) is 5.32 Å². The Morgan fingerprint density at radius 3 is 2.24 bits per heavy atom. The Morgan fingerprint density at radius 1 is 1.10 bits per heavy atom. The van der Waals surface area contributed by atoms with Crippen LogP contribution in [0.25, 0.3) is 0 Å². The van der Waals surface area contributed by atoms with Crippen LogP contribution < -0.4 is 10.1 Å². The van der Waals surface area contributed by atoms with Gasteiger partial charge in [0.1, 0.15) is 12.3 Å². The monoisotopic (exact) mass is 400 g/mol. The number of esters is 1. The van der Waals surface area contributed by atoms with E-state index >= 15 is 0 Å². The third kappa shape index (κ3) is 4.64. The summed E-state index contributed by atoms with van der Waals surface area (Å²) in [6.45, 7) is 3.36. The van der Waals surface area contributed by atoms with Crippen LogP contribution in [0.15, 0.2) is 36.4 Å². The molecule has 0 unspecified atom stereocenters. The number of carbonyl (C=O) groups is 4. The van der Waals surface area contributed by atoms with Crippen molar-refractivity contribution in [2.75, 3.05) is 18.5 Å². The molecule has 8 nitrogen and oxygen atoms in total. The van der Waals surface area contributed by atoms with Crippen molar-refractivity contribution in [3.63, 3.8) is 0 Å². The summed E-state index contributed by atoms with van der Waals surface area (Å²) in [5.74, 6) is -2.14. The van der Waals surface area contributed by atoms with Gasteiger partial charge in [0.15, 0.2) is 6.10 Å². The van der Waals surface area contributed by atoms with Crippen molar-refractivity contribution in [1.82, 2.24) is 4.90 Å². The van der Waals surface area contributed by atoms with E-state index < -0.39 is 36.4 Å². The molecule has 1 fully saturated rings. The first-order valence-corrected chi connectivity index (χ1v) is 9.64. The highest BCUT2D eigenvalue weighted by Gasteiger charge is 2.47. The number of hydrogen-bond acceptors (Lipinski definition) is 6. The molecular formula is C21H24N2O6. The first-order chi connectivity index (χ1) is 13.9. The Kier molecular flexibility index (Phi) is 6.31. The predicted molar refractivity (Wildman–Crippen MR) is 104 cm³/mol. The molecule has 1 aliphatic carbocycles. The van der Waals surface area contributed by atoms with E-state index in [0.717, 1.165) is 4.90 Å². The number of likely N-dealkylation sites (tertiary alicyclic amines) is 1. The van der Waals surface area contributed by atoms with E-state index in [1.165, 1.54) is 6.92 Å². The van der Waals surface area contributed by atoms with Crippen LogP contribution in [0.5, 0.6) is 5.75 Å². The summed E-state index contributed by atoms with van der Waals surface area (Å²) in [5, 5.41) is 2.64. The van der Waals surface area contributed by atoms with Gasteiger partial charge in [0.25, 0.3) is 5.91 Å². The molecule has 1 aromatic carbocycles. The van der Waals surface area contributed by atoms with Gasteiger partial charge in [-0.3, -0.25) is 24.1 Å². The highest BCUT2D eigenvalue weighted by atomic mass is 16.5. The van der Waals surface area contributed by atoms with Crippen molar-refractivity contribution in [3.8, 4) is 5.75 Å². The molecule has 1 aromatic rings. The van der Waals surface area contributed by atoms with Crippen LogP contribution in [0.4, 0.5) is 5.69 Å². The molecule has 1 heterocycles. The fraction of sp³-hybridized carbons (Fsp3) is 0.429. The van der Waals surface area contributed by atoms with Gasteiger partial charge in [0, 0.05) is 5.69 Å². The maximum atomic E-state index is 12.4. The van der Waals surface area contributed by atoms with Crippen molar-refractivity contribution in [2.45, 2.75) is 32.8 Å². The van der Waals surface area contributed by atoms with Gasteiger partial charge in [0.05, 0.1) is 18.4 Å². The standard InChI is InChI=1S/C21H24N2O6/c1-3-28-15-10-8-14(9-11-15)22-19(25)13(2)29-18(24)12-23-20(26)16-6-4-5-7-17(16)21(23)27/h4-5,8-11,13,16-17H,3,6-7,12H2,1-2H3,(H,22,25)/t13-,16+,17+/m1/s1. The Morgan fingerprint density at radius 2 is 1.69 bits per heavy atom. The third-order valence-electron chi connectivity index (χ3n) is 5.00. The molecule has 3 amide bonds. The topological polar surface area (TPSA) is 102 Å². The number of anilines is 1. The summed E-state index contributed by atoms with van der Waals surface area (Å²) in [5.41, 5.74) is 0.530. The minimum atomic E-state index is -1.08. The summed E-state index contributed by atoms with van der Waals surface area (Å²) in [4.78, 5) is 50.2. The molecule has 3 rings (SSSR count). The van der Waals surface area contributed by atoms with Gasteiger partial charge in [-0.2, -0.15) is 0 Å². The van der Waals surface area contributed by atoms with Crippen LogP contribution in [0, 0.1) is 11.8 Å². The molecule has 0 saturated carbocycles. The van der Waals surface area contributed by atoms with E-state index in [0.29, 0.717) is 30.9 Å². The number of imide groups is 1. The number of ether oxygens (including phenoxy) is 2. The molecule has 154 valence electrons. The van der Waals surface area contributed by atoms with Crippen molar-refractivity contribution in [1.29, 1.82) is 0 Å². The molecule has 1 saturated heterocycles.